The summed E-state index contributed by atoms with van der Waals surface area (Å²) in [6, 6.07) is 12.6. The Morgan fingerprint density at radius 2 is 1.80 bits per heavy atom. The summed E-state index contributed by atoms with van der Waals surface area (Å²) in [7, 11) is 1.71. The number of hydrogen-bond acceptors (Lipinski definition) is 5. The van der Waals surface area contributed by atoms with Gasteiger partial charge in [0.2, 0.25) is 0 Å². The van der Waals surface area contributed by atoms with Crippen LogP contribution in [0.3, 0.4) is 0 Å². The zero-order chi connectivity index (χ0) is 25.2. The van der Waals surface area contributed by atoms with E-state index in [4.69, 9.17) is 5.73 Å². The highest BCUT2D eigenvalue weighted by atomic mass is 19.4. The fraction of sp³-hybridized carbons (Fsp3) is 0.320. The van der Waals surface area contributed by atoms with Crippen molar-refractivity contribution in [1.82, 2.24) is 19.1 Å². The van der Waals surface area contributed by atoms with Gasteiger partial charge in [-0.2, -0.15) is 13.2 Å². The van der Waals surface area contributed by atoms with Gasteiger partial charge in [0.15, 0.2) is 0 Å². The third kappa shape index (κ3) is 4.02. The minimum absolute atomic E-state index is 0.0716. The van der Waals surface area contributed by atoms with Crippen molar-refractivity contribution in [3.05, 3.63) is 70.9 Å². The Morgan fingerprint density at radius 3 is 2.37 bits per heavy atom. The molecule has 0 bridgehead atoms. The van der Waals surface area contributed by atoms with Crippen molar-refractivity contribution in [2.45, 2.75) is 43.6 Å². The molecule has 1 saturated carbocycles. The van der Waals surface area contributed by atoms with Crippen molar-refractivity contribution in [3.63, 3.8) is 0 Å². The standard InChI is InChI=1S/C25H24F3N5O2/c1-23(35)11-24(29,12-23)16-8-6-15(7-9-16)20-18(17-5-3-4-10-30-17)19-21(32(20)2)31-14-33(22(19)34)13-25(26,27)28/h3-10,14,35H,11-13,29H2,1-2H3/t23-,24+. The van der Waals surface area contributed by atoms with E-state index in [1.807, 2.05) is 24.3 Å². The van der Waals surface area contributed by atoms with Crippen LogP contribution < -0.4 is 11.3 Å². The Morgan fingerprint density at radius 1 is 1.11 bits per heavy atom. The highest BCUT2D eigenvalue weighted by Gasteiger charge is 2.49. The van der Waals surface area contributed by atoms with Crippen LogP contribution in [0.15, 0.2) is 59.8 Å². The van der Waals surface area contributed by atoms with Gasteiger partial charge in [0.05, 0.1) is 22.4 Å². The second kappa shape index (κ2) is 7.76. The lowest BCUT2D eigenvalue weighted by Crippen LogP contribution is -2.58. The van der Waals surface area contributed by atoms with Crippen LogP contribution >= 0.6 is 0 Å². The smallest absolute Gasteiger partial charge is 0.390 e. The average Bonchev–Trinajstić information content (AvgIpc) is 3.07. The number of nitrogens with two attached hydrogens (primary N) is 1. The fourth-order valence-electron chi connectivity index (χ4n) is 5.22. The first-order valence-electron chi connectivity index (χ1n) is 11.1. The number of benzene rings is 1. The van der Waals surface area contributed by atoms with Gasteiger partial charge in [-0.25, -0.2) is 4.98 Å². The zero-order valence-electron chi connectivity index (χ0n) is 19.2. The number of aliphatic hydroxyl groups is 1. The number of rotatable bonds is 4. The van der Waals surface area contributed by atoms with Crippen molar-refractivity contribution in [2.75, 3.05) is 0 Å². The van der Waals surface area contributed by atoms with Crippen LogP contribution in [-0.4, -0.2) is 36.0 Å². The third-order valence-corrected chi connectivity index (χ3v) is 6.55. The van der Waals surface area contributed by atoms with E-state index in [9.17, 15) is 23.1 Å². The average molecular weight is 483 g/mol. The molecule has 1 aliphatic rings. The monoisotopic (exact) mass is 483 g/mol. The SMILES string of the molecule is Cn1c(-c2ccc([C@]3(N)C[C@@](C)(O)C3)cc2)c(-c2ccccn2)c2c(=O)n(CC(F)(F)F)cnc21. The second-order valence-corrected chi connectivity index (χ2v) is 9.57. The molecule has 5 rings (SSSR count). The van der Waals surface area contributed by atoms with Crippen LogP contribution in [-0.2, 0) is 19.1 Å². The first-order valence-corrected chi connectivity index (χ1v) is 11.1. The highest BCUT2D eigenvalue weighted by molar-refractivity contribution is 6.01. The van der Waals surface area contributed by atoms with Crippen LogP contribution in [0.2, 0.25) is 0 Å². The molecular formula is C25H24F3N5O2. The van der Waals surface area contributed by atoms with Crippen LogP contribution in [0.5, 0.6) is 0 Å². The van der Waals surface area contributed by atoms with Crippen LogP contribution in [0, 0.1) is 0 Å². The van der Waals surface area contributed by atoms with E-state index in [1.54, 1.807) is 42.9 Å². The summed E-state index contributed by atoms with van der Waals surface area (Å²) in [5, 5.41) is 10.2. The lowest BCUT2D eigenvalue weighted by Gasteiger charge is -2.49. The number of halogens is 3. The zero-order valence-corrected chi connectivity index (χ0v) is 19.2. The van der Waals surface area contributed by atoms with E-state index in [0.29, 0.717) is 34.4 Å². The molecule has 182 valence electrons. The molecular weight excluding hydrogens is 459 g/mol. The van der Waals surface area contributed by atoms with E-state index in [2.05, 4.69) is 9.97 Å². The van der Waals surface area contributed by atoms with Gasteiger partial charge in [-0.1, -0.05) is 30.3 Å². The Bertz CT molecular complexity index is 1460. The summed E-state index contributed by atoms with van der Waals surface area (Å²) in [6.07, 6.45) is -1.20. The molecule has 0 radical (unpaired) electrons. The molecule has 3 aromatic heterocycles. The number of nitrogens with zero attached hydrogens (tertiary/aromatic N) is 4. The van der Waals surface area contributed by atoms with Gasteiger partial charge < -0.3 is 15.4 Å². The normalized spacial score (nSPS) is 22.4. The van der Waals surface area contributed by atoms with Crippen molar-refractivity contribution in [1.29, 1.82) is 0 Å². The number of fused-ring (bicyclic) bond motifs is 1. The number of aromatic nitrogens is 4. The molecule has 1 fully saturated rings. The molecule has 1 aromatic carbocycles. The summed E-state index contributed by atoms with van der Waals surface area (Å²) in [5.41, 5.74) is 7.59. The van der Waals surface area contributed by atoms with E-state index in [1.165, 1.54) is 0 Å². The van der Waals surface area contributed by atoms with E-state index < -0.39 is 29.4 Å². The number of hydrogen-bond donors (Lipinski definition) is 2. The van der Waals surface area contributed by atoms with Gasteiger partial charge in [-0.15, -0.1) is 0 Å². The maximum atomic E-state index is 13.2. The lowest BCUT2D eigenvalue weighted by atomic mass is 9.63. The summed E-state index contributed by atoms with van der Waals surface area (Å²) in [6.45, 7) is 0.317. The van der Waals surface area contributed by atoms with Crippen molar-refractivity contribution in [3.8, 4) is 22.5 Å². The van der Waals surface area contributed by atoms with Gasteiger partial charge in [-0.3, -0.25) is 14.3 Å². The molecule has 3 heterocycles. The summed E-state index contributed by atoms with van der Waals surface area (Å²) in [5.74, 6) is 0. The topological polar surface area (TPSA) is 99.0 Å². The molecule has 0 amide bonds. The van der Waals surface area contributed by atoms with E-state index >= 15 is 0 Å². The lowest BCUT2D eigenvalue weighted by molar-refractivity contribution is -0.141. The molecule has 3 N–H and O–H groups in total. The molecule has 10 heteroatoms. The first-order chi connectivity index (χ1) is 16.4. The number of aryl methyl sites for hydroxylation is 1. The Balaban J connectivity index is 1.70. The summed E-state index contributed by atoms with van der Waals surface area (Å²) < 4.78 is 41.5. The van der Waals surface area contributed by atoms with Gasteiger partial charge in [0, 0.05) is 24.3 Å². The summed E-state index contributed by atoms with van der Waals surface area (Å²) >= 11 is 0. The third-order valence-electron chi connectivity index (χ3n) is 6.55. The Kier molecular flexibility index (Phi) is 5.15. The van der Waals surface area contributed by atoms with Gasteiger partial charge >= 0.3 is 6.18 Å². The molecule has 0 atom stereocenters. The van der Waals surface area contributed by atoms with Crippen molar-refractivity contribution < 1.29 is 18.3 Å². The molecule has 35 heavy (non-hydrogen) atoms. The van der Waals surface area contributed by atoms with Crippen LogP contribution in [0.4, 0.5) is 13.2 Å². The minimum atomic E-state index is -4.57. The van der Waals surface area contributed by atoms with E-state index in [-0.39, 0.29) is 11.0 Å². The minimum Gasteiger partial charge on any atom is -0.390 e. The summed E-state index contributed by atoms with van der Waals surface area (Å²) in [4.78, 5) is 21.8. The molecule has 0 unspecified atom stereocenters. The quantitative estimate of drug-likeness (QED) is 0.461. The van der Waals surface area contributed by atoms with Gasteiger partial charge in [0.25, 0.3) is 5.56 Å². The largest absolute Gasteiger partial charge is 0.406 e. The molecule has 4 aromatic rings. The van der Waals surface area contributed by atoms with Crippen molar-refractivity contribution in [2.24, 2.45) is 12.8 Å². The maximum Gasteiger partial charge on any atom is 0.406 e. The molecule has 1 aliphatic carbocycles. The Hall–Kier alpha value is -3.50. The highest BCUT2D eigenvalue weighted by Crippen LogP contribution is 2.46. The number of pyridine rings is 1. The fourth-order valence-corrected chi connectivity index (χ4v) is 5.22. The van der Waals surface area contributed by atoms with Crippen molar-refractivity contribution >= 4 is 11.0 Å². The predicted octanol–water partition coefficient (Wildman–Crippen LogP) is 3.73. The molecule has 7 nitrogen and oxygen atoms in total. The van der Waals surface area contributed by atoms with Gasteiger partial charge in [-0.05, 0) is 43.0 Å². The van der Waals surface area contributed by atoms with Crippen LogP contribution in [0.1, 0.15) is 25.3 Å². The molecule has 0 aliphatic heterocycles. The second-order valence-electron chi connectivity index (χ2n) is 9.57. The van der Waals surface area contributed by atoms with Crippen LogP contribution in [0.25, 0.3) is 33.5 Å². The number of alkyl halides is 3. The van der Waals surface area contributed by atoms with E-state index in [0.717, 1.165) is 17.5 Å². The molecule has 0 saturated heterocycles. The van der Waals surface area contributed by atoms with Gasteiger partial charge in [0.1, 0.15) is 18.5 Å². The predicted molar refractivity (Wildman–Crippen MR) is 125 cm³/mol. The Labute approximate surface area is 198 Å². The first kappa shape index (κ1) is 23.3. The maximum absolute atomic E-state index is 13.2. The molecule has 0 spiro atoms.